The maximum atomic E-state index is 12.8. The Labute approximate surface area is 106 Å². The van der Waals surface area contributed by atoms with Gasteiger partial charge in [0.25, 0.3) is 0 Å². The zero-order valence-corrected chi connectivity index (χ0v) is 9.79. The van der Waals surface area contributed by atoms with E-state index in [1.54, 1.807) is 0 Å². The summed E-state index contributed by atoms with van der Waals surface area (Å²) in [6, 6.07) is 7.01. The Morgan fingerprint density at radius 2 is 1.78 bits per heavy atom. The molecule has 1 unspecified atom stereocenters. The van der Waals surface area contributed by atoms with Crippen LogP contribution in [0.15, 0.2) is 40.8 Å². The third-order valence-electron chi connectivity index (χ3n) is 2.50. The van der Waals surface area contributed by atoms with E-state index < -0.39 is 17.8 Å². The van der Waals surface area contributed by atoms with Crippen LogP contribution in [0.2, 0.25) is 5.22 Å². The molecular weight excluding hydrogens is 267 g/mol. The second-order valence-corrected chi connectivity index (χ2v) is 4.08. The average molecular weight is 276 g/mol. The smallest absolute Gasteiger partial charge is 0.416 e. The van der Waals surface area contributed by atoms with Gasteiger partial charge in [0.05, 0.1) is 11.6 Å². The number of halogens is 4. The molecule has 0 spiro atoms. The van der Waals surface area contributed by atoms with Crippen LogP contribution >= 0.6 is 11.6 Å². The van der Waals surface area contributed by atoms with Crippen molar-refractivity contribution in [3.8, 4) is 0 Å². The molecule has 2 nitrogen and oxygen atoms in total. The summed E-state index contributed by atoms with van der Waals surface area (Å²) in [6.07, 6.45) is -4.45. The molecule has 0 saturated heterocycles. The Morgan fingerprint density at radius 3 is 2.33 bits per heavy atom. The molecule has 0 bridgehead atoms. The van der Waals surface area contributed by atoms with Gasteiger partial charge in [-0.25, -0.2) is 0 Å². The minimum atomic E-state index is -4.45. The molecule has 0 saturated carbocycles. The van der Waals surface area contributed by atoms with Crippen molar-refractivity contribution in [3.05, 3.63) is 58.5 Å². The molecule has 2 aromatic rings. The van der Waals surface area contributed by atoms with E-state index in [0.717, 1.165) is 6.07 Å². The van der Waals surface area contributed by atoms with Gasteiger partial charge in [-0.1, -0.05) is 18.2 Å². The lowest BCUT2D eigenvalue weighted by Gasteiger charge is -2.16. The minimum Gasteiger partial charge on any atom is -0.448 e. The molecule has 1 aromatic heterocycles. The van der Waals surface area contributed by atoms with Crippen molar-refractivity contribution in [3.63, 3.8) is 0 Å². The first-order valence-electron chi connectivity index (χ1n) is 5.06. The van der Waals surface area contributed by atoms with E-state index >= 15 is 0 Å². The highest BCUT2D eigenvalue weighted by molar-refractivity contribution is 6.28. The highest BCUT2D eigenvalue weighted by Gasteiger charge is 2.35. The third-order valence-corrected chi connectivity index (χ3v) is 2.70. The van der Waals surface area contributed by atoms with Crippen LogP contribution < -0.4 is 5.73 Å². The molecule has 96 valence electrons. The highest BCUT2D eigenvalue weighted by atomic mass is 35.5. The predicted octanol–water partition coefficient (Wildman–Crippen LogP) is 4.00. The van der Waals surface area contributed by atoms with Crippen LogP contribution in [0, 0.1) is 0 Å². The van der Waals surface area contributed by atoms with Gasteiger partial charge in [0.1, 0.15) is 5.76 Å². The lowest BCUT2D eigenvalue weighted by Crippen LogP contribution is -2.17. The van der Waals surface area contributed by atoms with Gasteiger partial charge in [-0.2, -0.15) is 13.2 Å². The SMILES string of the molecule is NC(c1ccc(Cl)o1)c1ccccc1C(F)(F)F. The van der Waals surface area contributed by atoms with Gasteiger partial charge in [0.15, 0.2) is 5.22 Å². The first-order chi connectivity index (χ1) is 8.39. The number of hydrogen-bond donors (Lipinski definition) is 1. The molecule has 1 heterocycles. The Balaban J connectivity index is 2.45. The highest BCUT2D eigenvalue weighted by Crippen LogP contribution is 2.36. The first-order valence-corrected chi connectivity index (χ1v) is 5.44. The molecule has 6 heteroatoms. The van der Waals surface area contributed by atoms with Gasteiger partial charge in [-0.05, 0) is 35.4 Å². The number of furan rings is 1. The third kappa shape index (κ3) is 2.52. The molecule has 0 aliphatic heterocycles. The van der Waals surface area contributed by atoms with Crippen LogP contribution in [0.5, 0.6) is 0 Å². The van der Waals surface area contributed by atoms with Gasteiger partial charge in [0.2, 0.25) is 0 Å². The van der Waals surface area contributed by atoms with E-state index in [9.17, 15) is 13.2 Å². The van der Waals surface area contributed by atoms with E-state index in [1.165, 1.54) is 30.3 Å². The van der Waals surface area contributed by atoms with Crippen molar-refractivity contribution in [2.45, 2.75) is 12.2 Å². The van der Waals surface area contributed by atoms with E-state index in [2.05, 4.69) is 0 Å². The standard InChI is InChI=1S/C12H9ClF3NO/c13-10-6-5-9(18-10)11(17)7-3-1-2-4-8(7)12(14,15)16/h1-6,11H,17H2. The van der Waals surface area contributed by atoms with Crippen LogP contribution in [0.1, 0.15) is 22.9 Å². The summed E-state index contributed by atoms with van der Waals surface area (Å²) in [4.78, 5) is 0. The van der Waals surface area contributed by atoms with Crippen LogP contribution in [0.3, 0.4) is 0 Å². The molecule has 0 aliphatic rings. The zero-order chi connectivity index (χ0) is 13.3. The molecule has 2 N–H and O–H groups in total. The minimum absolute atomic E-state index is 0.0454. The molecular formula is C12H9ClF3NO. The fourth-order valence-corrected chi connectivity index (χ4v) is 1.83. The normalized spacial score (nSPS) is 13.6. The van der Waals surface area contributed by atoms with Crippen LogP contribution in [0.25, 0.3) is 0 Å². The van der Waals surface area contributed by atoms with Gasteiger partial charge < -0.3 is 10.2 Å². The molecule has 0 amide bonds. The number of nitrogens with two attached hydrogens (primary N) is 1. The molecule has 2 rings (SSSR count). The van der Waals surface area contributed by atoms with E-state index in [0.29, 0.717) is 0 Å². The molecule has 1 aromatic carbocycles. The van der Waals surface area contributed by atoms with E-state index in [-0.39, 0.29) is 16.5 Å². The largest absolute Gasteiger partial charge is 0.448 e. The maximum Gasteiger partial charge on any atom is 0.416 e. The summed E-state index contributed by atoms with van der Waals surface area (Å²) in [5.74, 6) is 0.191. The topological polar surface area (TPSA) is 39.2 Å². The van der Waals surface area contributed by atoms with Crippen molar-refractivity contribution in [2.75, 3.05) is 0 Å². The van der Waals surface area contributed by atoms with Crippen LogP contribution in [-0.4, -0.2) is 0 Å². The Morgan fingerprint density at radius 1 is 1.11 bits per heavy atom. The first kappa shape index (κ1) is 13.0. The molecule has 0 aliphatic carbocycles. The van der Waals surface area contributed by atoms with Crippen molar-refractivity contribution in [1.29, 1.82) is 0 Å². The summed E-state index contributed by atoms with van der Waals surface area (Å²) >= 11 is 5.58. The number of alkyl halides is 3. The van der Waals surface area contributed by atoms with Gasteiger partial charge >= 0.3 is 6.18 Å². The number of hydrogen-bond acceptors (Lipinski definition) is 2. The molecule has 1 atom stereocenters. The second-order valence-electron chi connectivity index (χ2n) is 3.70. The van der Waals surface area contributed by atoms with Crippen LogP contribution in [-0.2, 0) is 6.18 Å². The predicted molar refractivity (Wildman–Crippen MR) is 61.2 cm³/mol. The fraction of sp³-hybridized carbons (Fsp3) is 0.167. The van der Waals surface area contributed by atoms with Crippen molar-refractivity contribution in [2.24, 2.45) is 5.73 Å². The number of benzene rings is 1. The Kier molecular flexibility index (Phi) is 3.36. The van der Waals surface area contributed by atoms with E-state index in [4.69, 9.17) is 21.8 Å². The van der Waals surface area contributed by atoms with Crippen molar-refractivity contribution < 1.29 is 17.6 Å². The van der Waals surface area contributed by atoms with Gasteiger partial charge in [-0.3, -0.25) is 0 Å². The lowest BCUT2D eigenvalue weighted by molar-refractivity contribution is -0.138. The summed E-state index contributed by atoms with van der Waals surface area (Å²) in [7, 11) is 0. The molecule has 0 radical (unpaired) electrons. The van der Waals surface area contributed by atoms with Crippen molar-refractivity contribution in [1.82, 2.24) is 0 Å². The van der Waals surface area contributed by atoms with Gasteiger partial charge in [0, 0.05) is 0 Å². The summed E-state index contributed by atoms with van der Waals surface area (Å²) in [5.41, 5.74) is 4.96. The quantitative estimate of drug-likeness (QED) is 0.900. The van der Waals surface area contributed by atoms with Gasteiger partial charge in [-0.15, -0.1) is 0 Å². The lowest BCUT2D eigenvalue weighted by atomic mass is 9.99. The Hall–Kier alpha value is -1.46. The average Bonchev–Trinajstić information content (AvgIpc) is 2.74. The zero-order valence-electron chi connectivity index (χ0n) is 9.04. The monoisotopic (exact) mass is 275 g/mol. The summed E-state index contributed by atoms with van der Waals surface area (Å²) in [5, 5.41) is 0.0879. The molecule has 18 heavy (non-hydrogen) atoms. The molecule has 0 fully saturated rings. The van der Waals surface area contributed by atoms with E-state index in [1.807, 2.05) is 0 Å². The summed E-state index contributed by atoms with van der Waals surface area (Å²) in [6.45, 7) is 0. The Bertz CT molecular complexity index is 550. The second kappa shape index (κ2) is 4.66. The van der Waals surface area contributed by atoms with Crippen LogP contribution in [0.4, 0.5) is 13.2 Å². The van der Waals surface area contributed by atoms with Crippen molar-refractivity contribution >= 4 is 11.6 Å². The summed E-state index contributed by atoms with van der Waals surface area (Å²) < 4.78 is 43.5. The maximum absolute atomic E-state index is 12.8. The fourth-order valence-electron chi connectivity index (χ4n) is 1.68. The number of rotatable bonds is 2.